The molecular formula is C16H14BrClF2O. The summed E-state index contributed by atoms with van der Waals surface area (Å²) >= 11 is 9.77. The van der Waals surface area contributed by atoms with Crippen molar-refractivity contribution < 1.29 is 13.5 Å². The number of rotatable bonds is 5. The average molecular weight is 376 g/mol. The molecule has 21 heavy (non-hydrogen) atoms. The molecule has 0 saturated carbocycles. The topological polar surface area (TPSA) is 9.23 Å². The van der Waals surface area contributed by atoms with Crippen LogP contribution >= 0.6 is 27.5 Å². The van der Waals surface area contributed by atoms with Crippen molar-refractivity contribution in [2.45, 2.75) is 18.7 Å². The predicted molar refractivity (Wildman–Crippen MR) is 84.0 cm³/mol. The van der Waals surface area contributed by atoms with Gasteiger partial charge in [0.15, 0.2) is 11.6 Å². The lowest BCUT2D eigenvalue weighted by atomic mass is 10.0. The molecule has 2 aromatic carbocycles. The van der Waals surface area contributed by atoms with Gasteiger partial charge in [-0.05, 0) is 42.7 Å². The summed E-state index contributed by atoms with van der Waals surface area (Å²) in [5.41, 5.74) is 1.07. The lowest BCUT2D eigenvalue weighted by Crippen LogP contribution is -2.01. The van der Waals surface area contributed by atoms with Crippen LogP contribution in [0.15, 0.2) is 40.9 Å². The molecule has 112 valence electrons. The Morgan fingerprint density at radius 3 is 2.67 bits per heavy atom. The summed E-state index contributed by atoms with van der Waals surface area (Å²) in [5, 5.41) is -0.466. The molecule has 0 aliphatic heterocycles. The molecule has 0 N–H and O–H groups in total. The summed E-state index contributed by atoms with van der Waals surface area (Å²) in [6.07, 6.45) is 0.206. The van der Waals surface area contributed by atoms with Gasteiger partial charge >= 0.3 is 0 Å². The van der Waals surface area contributed by atoms with Crippen LogP contribution in [0.3, 0.4) is 0 Å². The van der Waals surface area contributed by atoms with Crippen LogP contribution in [0.2, 0.25) is 0 Å². The van der Waals surface area contributed by atoms with Crippen molar-refractivity contribution in [3.05, 3.63) is 63.6 Å². The number of halogens is 4. The second kappa shape index (κ2) is 7.23. The number of ether oxygens (including phenoxy) is 1. The third-order valence-corrected chi connectivity index (χ3v) is 4.13. The van der Waals surface area contributed by atoms with Gasteiger partial charge in [-0.3, -0.25) is 0 Å². The van der Waals surface area contributed by atoms with E-state index in [1.165, 1.54) is 12.1 Å². The number of hydrogen-bond donors (Lipinski definition) is 0. The molecule has 2 aromatic rings. The van der Waals surface area contributed by atoms with Gasteiger partial charge in [0, 0.05) is 4.47 Å². The number of benzene rings is 2. The third kappa shape index (κ3) is 3.95. The Kier molecular flexibility index (Phi) is 5.59. The Balaban J connectivity index is 2.20. The maximum absolute atomic E-state index is 13.7. The van der Waals surface area contributed by atoms with Gasteiger partial charge in [0.25, 0.3) is 0 Å². The van der Waals surface area contributed by atoms with Gasteiger partial charge in [0.1, 0.15) is 5.75 Å². The quantitative estimate of drug-likeness (QED) is 0.614. The maximum Gasteiger partial charge on any atom is 0.162 e. The van der Waals surface area contributed by atoms with Crippen LogP contribution in [0.25, 0.3) is 0 Å². The van der Waals surface area contributed by atoms with Crippen LogP contribution in [-0.4, -0.2) is 6.61 Å². The molecular weight excluding hydrogens is 362 g/mol. The van der Waals surface area contributed by atoms with E-state index in [1.807, 2.05) is 19.1 Å². The molecule has 0 aliphatic rings. The second-order valence-corrected chi connectivity index (χ2v) is 5.88. The van der Waals surface area contributed by atoms with Crippen molar-refractivity contribution in [3.8, 4) is 5.75 Å². The van der Waals surface area contributed by atoms with E-state index in [0.29, 0.717) is 6.61 Å². The van der Waals surface area contributed by atoms with Gasteiger partial charge in [0.05, 0.1) is 12.0 Å². The van der Waals surface area contributed by atoms with E-state index in [9.17, 15) is 8.78 Å². The van der Waals surface area contributed by atoms with E-state index in [1.54, 1.807) is 6.07 Å². The Morgan fingerprint density at radius 1 is 1.24 bits per heavy atom. The van der Waals surface area contributed by atoms with Crippen LogP contribution < -0.4 is 4.74 Å². The second-order valence-electron chi connectivity index (χ2n) is 4.50. The molecule has 5 heteroatoms. The van der Waals surface area contributed by atoms with E-state index in [-0.39, 0.29) is 12.0 Å². The first-order chi connectivity index (χ1) is 10.0. The standard InChI is InChI=1S/C16H14BrClF2O/c1-2-21-11-6-7-12(13(17)9-11)14(18)8-10-4-3-5-15(19)16(10)20/h3-7,9,14H,2,8H2,1H3. The molecule has 0 aliphatic carbocycles. The van der Waals surface area contributed by atoms with Gasteiger partial charge in [-0.25, -0.2) is 8.78 Å². The Labute approximate surface area is 136 Å². The Bertz CT molecular complexity index is 634. The fraction of sp³-hybridized carbons (Fsp3) is 0.250. The summed E-state index contributed by atoms with van der Waals surface area (Å²) in [4.78, 5) is 0. The van der Waals surface area contributed by atoms with Crippen molar-refractivity contribution >= 4 is 27.5 Å². The van der Waals surface area contributed by atoms with Crippen molar-refractivity contribution in [1.29, 1.82) is 0 Å². The lowest BCUT2D eigenvalue weighted by Gasteiger charge is -2.14. The van der Waals surface area contributed by atoms with Crippen LogP contribution in [0.5, 0.6) is 5.75 Å². The zero-order chi connectivity index (χ0) is 15.4. The van der Waals surface area contributed by atoms with E-state index < -0.39 is 17.0 Å². The van der Waals surface area contributed by atoms with Gasteiger partial charge in [-0.2, -0.15) is 0 Å². The molecule has 2 rings (SSSR count). The highest BCUT2D eigenvalue weighted by atomic mass is 79.9. The lowest BCUT2D eigenvalue weighted by molar-refractivity contribution is 0.340. The van der Waals surface area contributed by atoms with Crippen molar-refractivity contribution in [2.75, 3.05) is 6.61 Å². The smallest absolute Gasteiger partial charge is 0.162 e. The average Bonchev–Trinajstić information content (AvgIpc) is 2.44. The Morgan fingerprint density at radius 2 is 2.00 bits per heavy atom. The van der Waals surface area contributed by atoms with Crippen molar-refractivity contribution in [3.63, 3.8) is 0 Å². The highest BCUT2D eigenvalue weighted by Crippen LogP contribution is 2.34. The zero-order valence-electron chi connectivity index (χ0n) is 11.4. The molecule has 0 aromatic heterocycles. The van der Waals surface area contributed by atoms with Crippen molar-refractivity contribution in [2.24, 2.45) is 0 Å². The predicted octanol–water partition coefficient (Wildman–Crippen LogP) is 5.65. The van der Waals surface area contributed by atoms with E-state index in [0.717, 1.165) is 21.9 Å². The SMILES string of the molecule is CCOc1ccc(C(Cl)Cc2cccc(F)c2F)c(Br)c1. The first-order valence-electron chi connectivity index (χ1n) is 6.52. The maximum atomic E-state index is 13.7. The fourth-order valence-corrected chi connectivity index (χ4v) is 3.15. The first kappa shape index (κ1) is 16.2. The molecule has 0 radical (unpaired) electrons. The van der Waals surface area contributed by atoms with Crippen LogP contribution in [-0.2, 0) is 6.42 Å². The van der Waals surface area contributed by atoms with Crippen molar-refractivity contribution in [1.82, 2.24) is 0 Å². The summed E-state index contributed by atoms with van der Waals surface area (Å²) in [5.74, 6) is -0.971. The molecule has 1 nitrogen and oxygen atoms in total. The third-order valence-electron chi connectivity index (χ3n) is 3.05. The molecule has 0 fully saturated rings. The van der Waals surface area contributed by atoms with Crippen LogP contribution in [0.1, 0.15) is 23.4 Å². The van der Waals surface area contributed by atoms with Gasteiger partial charge < -0.3 is 4.74 Å². The molecule has 1 atom stereocenters. The highest BCUT2D eigenvalue weighted by Gasteiger charge is 2.16. The zero-order valence-corrected chi connectivity index (χ0v) is 13.7. The first-order valence-corrected chi connectivity index (χ1v) is 7.75. The van der Waals surface area contributed by atoms with E-state index in [2.05, 4.69) is 15.9 Å². The molecule has 0 heterocycles. The molecule has 1 unspecified atom stereocenters. The Hall–Kier alpha value is -1.13. The molecule has 0 amide bonds. The normalized spacial score (nSPS) is 12.2. The van der Waals surface area contributed by atoms with Gasteiger partial charge in [-0.1, -0.05) is 34.1 Å². The minimum atomic E-state index is -0.859. The molecule has 0 spiro atoms. The summed E-state index contributed by atoms with van der Waals surface area (Å²) in [7, 11) is 0. The monoisotopic (exact) mass is 374 g/mol. The molecule has 0 saturated heterocycles. The summed E-state index contributed by atoms with van der Waals surface area (Å²) < 4.78 is 33.1. The fourth-order valence-electron chi connectivity index (χ4n) is 2.03. The largest absolute Gasteiger partial charge is 0.494 e. The summed E-state index contributed by atoms with van der Waals surface area (Å²) in [6.45, 7) is 2.48. The van der Waals surface area contributed by atoms with Gasteiger partial charge in [0.2, 0.25) is 0 Å². The van der Waals surface area contributed by atoms with Crippen LogP contribution in [0, 0.1) is 11.6 Å². The van der Waals surface area contributed by atoms with Crippen LogP contribution in [0.4, 0.5) is 8.78 Å². The molecule has 0 bridgehead atoms. The van der Waals surface area contributed by atoms with E-state index in [4.69, 9.17) is 16.3 Å². The van der Waals surface area contributed by atoms with E-state index >= 15 is 0 Å². The number of alkyl halides is 1. The van der Waals surface area contributed by atoms with Gasteiger partial charge in [-0.15, -0.1) is 11.6 Å². The number of hydrogen-bond acceptors (Lipinski definition) is 1. The summed E-state index contributed by atoms with van der Waals surface area (Å²) in [6, 6.07) is 9.55. The highest BCUT2D eigenvalue weighted by molar-refractivity contribution is 9.10. The minimum Gasteiger partial charge on any atom is -0.494 e. The minimum absolute atomic E-state index is 0.206.